The molecule has 4 nitrogen and oxygen atoms in total. The number of hydrogen-bond acceptors (Lipinski definition) is 3. The highest BCUT2D eigenvalue weighted by molar-refractivity contribution is 5.76. The molecule has 0 aliphatic heterocycles. The van der Waals surface area contributed by atoms with Crippen LogP contribution in [0.15, 0.2) is 60.8 Å². The van der Waals surface area contributed by atoms with Gasteiger partial charge in [0.2, 0.25) is 5.91 Å². The fraction of sp³-hybridized carbons (Fsp3) is 0.756. The Labute approximate surface area is 305 Å². The molecule has 2 unspecified atom stereocenters. The first-order chi connectivity index (χ1) is 24.2. The summed E-state index contributed by atoms with van der Waals surface area (Å²) in [5, 5.41) is 22.9. The molecule has 0 aliphatic rings. The molecule has 0 spiro atoms. The molecule has 0 fully saturated rings. The second-order valence-corrected chi connectivity index (χ2v) is 14.0. The standard InChI is InChI=1S/C45H81NO3/c1-3-5-7-9-11-13-15-16-17-18-19-20-21-22-23-24-25-26-27-28-29-30-31-33-35-37-39-41-45(49)46-43(42-47)44(48)40-38-36-34-32-14-12-10-8-6-4-2/h5,7,11,13,16-17,19-20,38,40,43-44,47-48H,3-4,6,8-10,12,14-15,18,21-37,39,41-42H2,1-2H3,(H,46,49)/b7-5-,13-11-,17-16-,20-19-,40-38+. The smallest absolute Gasteiger partial charge is 0.220 e. The monoisotopic (exact) mass is 684 g/mol. The fourth-order valence-electron chi connectivity index (χ4n) is 6.05. The van der Waals surface area contributed by atoms with Crippen molar-refractivity contribution in [2.24, 2.45) is 0 Å². The van der Waals surface area contributed by atoms with Crippen LogP contribution < -0.4 is 5.32 Å². The van der Waals surface area contributed by atoms with Crippen molar-refractivity contribution >= 4 is 5.91 Å². The average Bonchev–Trinajstić information content (AvgIpc) is 3.10. The van der Waals surface area contributed by atoms with Gasteiger partial charge in [-0.2, -0.15) is 0 Å². The molecule has 1 amide bonds. The Bertz CT molecular complexity index is 827. The second-order valence-electron chi connectivity index (χ2n) is 14.0. The summed E-state index contributed by atoms with van der Waals surface area (Å²) in [4.78, 5) is 12.3. The summed E-state index contributed by atoms with van der Waals surface area (Å²) >= 11 is 0. The van der Waals surface area contributed by atoms with Gasteiger partial charge in [-0.1, -0.05) is 197 Å². The number of hydrogen-bond donors (Lipinski definition) is 3. The van der Waals surface area contributed by atoms with E-state index in [4.69, 9.17) is 0 Å². The zero-order valence-electron chi connectivity index (χ0n) is 32.4. The first kappa shape index (κ1) is 47.1. The average molecular weight is 684 g/mol. The molecule has 2 atom stereocenters. The van der Waals surface area contributed by atoms with E-state index in [-0.39, 0.29) is 12.5 Å². The number of carbonyl (C=O) groups excluding carboxylic acids is 1. The second kappa shape index (κ2) is 40.5. The molecule has 3 N–H and O–H groups in total. The summed E-state index contributed by atoms with van der Waals surface area (Å²) in [6, 6.07) is -0.621. The molecular formula is C45H81NO3. The molecule has 0 aliphatic carbocycles. The Morgan fingerprint density at radius 3 is 1.35 bits per heavy atom. The van der Waals surface area contributed by atoms with Crippen LogP contribution in [0.1, 0.15) is 200 Å². The molecule has 0 heterocycles. The predicted octanol–water partition coefficient (Wildman–Crippen LogP) is 13.0. The van der Waals surface area contributed by atoms with Crippen molar-refractivity contribution in [3.8, 4) is 0 Å². The van der Waals surface area contributed by atoms with Crippen LogP contribution in [0.4, 0.5) is 0 Å². The summed E-state index contributed by atoms with van der Waals surface area (Å²) in [5.41, 5.74) is 0. The van der Waals surface area contributed by atoms with Crippen LogP contribution in [-0.4, -0.2) is 34.9 Å². The van der Waals surface area contributed by atoms with E-state index in [0.717, 1.165) is 51.4 Å². The Kier molecular flexibility index (Phi) is 38.9. The van der Waals surface area contributed by atoms with Gasteiger partial charge >= 0.3 is 0 Å². The number of nitrogens with one attached hydrogen (secondary N) is 1. The molecule has 0 bridgehead atoms. The largest absolute Gasteiger partial charge is 0.394 e. The minimum absolute atomic E-state index is 0.0690. The van der Waals surface area contributed by atoms with Crippen LogP contribution in [0.2, 0.25) is 0 Å². The van der Waals surface area contributed by atoms with Gasteiger partial charge in [0.1, 0.15) is 0 Å². The number of aliphatic hydroxyl groups is 2. The van der Waals surface area contributed by atoms with Crippen molar-refractivity contribution < 1.29 is 15.0 Å². The van der Waals surface area contributed by atoms with E-state index < -0.39 is 12.1 Å². The summed E-state index contributed by atoms with van der Waals surface area (Å²) in [6.07, 6.45) is 56.1. The predicted molar refractivity (Wildman–Crippen MR) is 216 cm³/mol. The van der Waals surface area contributed by atoms with E-state index in [0.29, 0.717) is 6.42 Å². The number of aliphatic hydroxyl groups excluding tert-OH is 2. The summed E-state index contributed by atoms with van der Waals surface area (Å²) < 4.78 is 0. The summed E-state index contributed by atoms with van der Waals surface area (Å²) in [7, 11) is 0. The van der Waals surface area contributed by atoms with Gasteiger partial charge in [0.15, 0.2) is 0 Å². The lowest BCUT2D eigenvalue weighted by Gasteiger charge is -2.20. The third-order valence-corrected chi connectivity index (χ3v) is 9.26. The van der Waals surface area contributed by atoms with E-state index in [1.54, 1.807) is 6.08 Å². The number of rotatable bonds is 37. The van der Waals surface area contributed by atoms with Crippen LogP contribution in [0, 0.1) is 0 Å². The van der Waals surface area contributed by atoms with E-state index in [1.165, 1.54) is 128 Å². The third kappa shape index (κ3) is 37.2. The maximum absolute atomic E-state index is 12.3. The molecule has 284 valence electrons. The van der Waals surface area contributed by atoms with Crippen molar-refractivity contribution in [3.63, 3.8) is 0 Å². The summed E-state index contributed by atoms with van der Waals surface area (Å²) in [5.74, 6) is -0.0690. The Balaban J connectivity index is 3.52. The van der Waals surface area contributed by atoms with Gasteiger partial charge < -0.3 is 15.5 Å². The maximum atomic E-state index is 12.3. The van der Waals surface area contributed by atoms with E-state index in [1.807, 2.05) is 6.08 Å². The minimum atomic E-state index is -0.838. The Hall–Kier alpha value is -1.91. The maximum Gasteiger partial charge on any atom is 0.220 e. The lowest BCUT2D eigenvalue weighted by Crippen LogP contribution is -2.45. The van der Waals surface area contributed by atoms with Crippen molar-refractivity contribution in [3.05, 3.63) is 60.8 Å². The van der Waals surface area contributed by atoms with Crippen LogP contribution >= 0.6 is 0 Å². The number of carbonyl (C=O) groups is 1. The molecule has 0 aromatic heterocycles. The first-order valence-electron chi connectivity index (χ1n) is 21.0. The number of amides is 1. The normalized spacial score (nSPS) is 13.6. The van der Waals surface area contributed by atoms with Crippen molar-refractivity contribution in [1.82, 2.24) is 5.32 Å². The number of unbranched alkanes of at least 4 members (excludes halogenated alkanes) is 22. The highest BCUT2D eigenvalue weighted by Crippen LogP contribution is 2.14. The Morgan fingerprint density at radius 2 is 0.898 bits per heavy atom. The number of allylic oxidation sites excluding steroid dienone is 9. The molecule has 49 heavy (non-hydrogen) atoms. The third-order valence-electron chi connectivity index (χ3n) is 9.26. The lowest BCUT2D eigenvalue weighted by atomic mass is 10.0. The van der Waals surface area contributed by atoms with Crippen LogP contribution in [-0.2, 0) is 4.79 Å². The first-order valence-corrected chi connectivity index (χ1v) is 21.0. The zero-order chi connectivity index (χ0) is 35.7. The van der Waals surface area contributed by atoms with Crippen LogP contribution in [0.25, 0.3) is 0 Å². The molecule has 0 radical (unpaired) electrons. The van der Waals surface area contributed by atoms with Gasteiger partial charge in [-0.3, -0.25) is 4.79 Å². The van der Waals surface area contributed by atoms with Crippen LogP contribution in [0.3, 0.4) is 0 Å². The Morgan fingerprint density at radius 1 is 0.510 bits per heavy atom. The van der Waals surface area contributed by atoms with Crippen LogP contribution in [0.5, 0.6) is 0 Å². The van der Waals surface area contributed by atoms with Gasteiger partial charge in [-0.15, -0.1) is 0 Å². The van der Waals surface area contributed by atoms with Crippen molar-refractivity contribution in [2.75, 3.05) is 6.61 Å². The molecule has 4 heteroatoms. The van der Waals surface area contributed by atoms with Gasteiger partial charge in [0.25, 0.3) is 0 Å². The molecule has 0 saturated heterocycles. The fourth-order valence-corrected chi connectivity index (χ4v) is 6.05. The van der Waals surface area contributed by atoms with Crippen molar-refractivity contribution in [2.45, 2.75) is 212 Å². The SMILES string of the molecule is CC/C=C\C/C=C\C/C=C\C/C=C\CCCCCCCCCCCCCCCCC(=O)NC(CO)C(O)/C=C/CCCCCCCCCC. The summed E-state index contributed by atoms with van der Waals surface area (Å²) in [6.45, 7) is 4.17. The van der Waals surface area contributed by atoms with Gasteiger partial charge in [-0.05, 0) is 57.8 Å². The quantitative estimate of drug-likeness (QED) is 0.0451. The molecule has 0 aromatic rings. The topological polar surface area (TPSA) is 69.6 Å². The minimum Gasteiger partial charge on any atom is -0.394 e. The molecule has 0 saturated carbocycles. The van der Waals surface area contributed by atoms with Gasteiger partial charge in [-0.25, -0.2) is 0 Å². The zero-order valence-corrected chi connectivity index (χ0v) is 32.4. The molecule has 0 rings (SSSR count). The van der Waals surface area contributed by atoms with Crippen molar-refractivity contribution in [1.29, 1.82) is 0 Å². The highest BCUT2D eigenvalue weighted by Gasteiger charge is 2.17. The van der Waals surface area contributed by atoms with E-state index >= 15 is 0 Å². The molecule has 0 aromatic carbocycles. The van der Waals surface area contributed by atoms with Gasteiger partial charge in [0, 0.05) is 6.42 Å². The van der Waals surface area contributed by atoms with Gasteiger partial charge in [0.05, 0.1) is 18.8 Å². The van der Waals surface area contributed by atoms with E-state index in [2.05, 4.69) is 67.8 Å². The lowest BCUT2D eigenvalue weighted by molar-refractivity contribution is -0.123. The van der Waals surface area contributed by atoms with E-state index in [9.17, 15) is 15.0 Å². The highest BCUT2D eigenvalue weighted by atomic mass is 16.3. The molecular weight excluding hydrogens is 602 g/mol.